The van der Waals surface area contributed by atoms with Gasteiger partial charge in [-0.05, 0) is 48.8 Å². The van der Waals surface area contributed by atoms with Crippen molar-refractivity contribution < 1.29 is 9.84 Å². The van der Waals surface area contributed by atoms with Crippen LogP contribution in [0.3, 0.4) is 0 Å². The normalized spacial score (nSPS) is 14.8. The quantitative estimate of drug-likeness (QED) is 0.578. The summed E-state index contributed by atoms with van der Waals surface area (Å²) < 4.78 is 5.61. The first-order valence-electron chi connectivity index (χ1n) is 6.29. The highest BCUT2D eigenvalue weighted by Gasteiger charge is 2.20. The Morgan fingerprint density at radius 2 is 2.24 bits per heavy atom. The van der Waals surface area contributed by atoms with Gasteiger partial charge in [0.1, 0.15) is 5.75 Å². The number of benzene rings is 1. The summed E-state index contributed by atoms with van der Waals surface area (Å²) in [5.41, 5.74) is 2.16. The van der Waals surface area contributed by atoms with Crippen molar-refractivity contribution in [2.75, 3.05) is 13.2 Å². The van der Waals surface area contributed by atoms with Crippen LogP contribution in [0.5, 0.6) is 5.75 Å². The highest BCUT2D eigenvalue weighted by atomic mass is 16.5. The molecule has 0 heterocycles. The average molecular weight is 232 g/mol. The minimum atomic E-state index is 0.354. The van der Waals surface area contributed by atoms with E-state index in [-0.39, 0.29) is 0 Å². The molecule has 1 N–H and O–H groups in total. The van der Waals surface area contributed by atoms with E-state index in [1.54, 1.807) is 6.07 Å². The van der Waals surface area contributed by atoms with E-state index < -0.39 is 0 Å². The van der Waals surface area contributed by atoms with Crippen LogP contribution >= 0.6 is 0 Å². The molecule has 0 aromatic heterocycles. The summed E-state index contributed by atoms with van der Waals surface area (Å²) in [6.45, 7) is 5.38. The van der Waals surface area contributed by atoms with Gasteiger partial charge in [0, 0.05) is 6.61 Å². The van der Waals surface area contributed by atoms with E-state index in [2.05, 4.69) is 6.58 Å². The Morgan fingerprint density at radius 3 is 2.94 bits per heavy atom. The Labute approximate surface area is 103 Å². The first-order chi connectivity index (χ1) is 8.29. The topological polar surface area (TPSA) is 29.5 Å². The van der Waals surface area contributed by atoms with Gasteiger partial charge in [-0.3, -0.25) is 0 Å². The Hall–Kier alpha value is -1.28. The monoisotopic (exact) mass is 232 g/mol. The lowest BCUT2D eigenvalue weighted by molar-refractivity contribution is 0.127. The van der Waals surface area contributed by atoms with E-state index in [9.17, 15) is 5.11 Å². The second-order valence-corrected chi connectivity index (χ2v) is 4.72. The number of allylic oxidation sites excluding steroid dienone is 1. The number of hydrogen-bond acceptors (Lipinski definition) is 2. The molecule has 92 valence electrons. The van der Waals surface area contributed by atoms with Gasteiger partial charge >= 0.3 is 0 Å². The van der Waals surface area contributed by atoms with Crippen molar-refractivity contribution in [3.63, 3.8) is 0 Å². The number of hydrogen-bond donors (Lipinski definition) is 1. The molecule has 1 aliphatic carbocycles. The predicted molar refractivity (Wildman–Crippen MR) is 69.3 cm³/mol. The second-order valence-electron chi connectivity index (χ2n) is 4.72. The molecule has 0 aliphatic heterocycles. The maximum absolute atomic E-state index is 9.64. The highest BCUT2D eigenvalue weighted by Crippen LogP contribution is 2.28. The van der Waals surface area contributed by atoms with Gasteiger partial charge in [-0.2, -0.15) is 0 Å². The zero-order valence-corrected chi connectivity index (χ0v) is 10.2. The van der Waals surface area contributed by atoms with Gasteiger partial charge in [0.15, 0.2) is 0 Å². The smallest absolute Gasteiger partial charge is 0.119 e. The van der Waals surface area contributed by atoms with E-state index in [1.165, 1.54) is 18.4 Å². The fourth-order valence-corrected chi connectivity index (χ4v) is 1.84. The Balaban J connectivity index is 1.81. The average Bonchev–Trinajstić information content (AvgIpc) is 3.13. The van der Waals surface area contributed by atoms with Gasteiger partial charge in [-0.25, -0.2) is 0 Å². The van der Waals surface area contributed by atoms with Crippen LogP contribution in [0.15, 0.2) is 30.9 Å². The predicted octanol–water partition coefficient (Wildman–Crippen LogP) is 3.09. The molecule has 1 fully saturated rings. The third-order valence-electron chi connectivity index (χ3n) is 3.09. The van der Waals surface area contributed by atoms with Gasteiger partial charge in [-0.1, -0.05) is 18.2 Å². The number of aromatic hydroxyl groups is 1. The maximum atomic E-state index is 9.64. The van der Waals surface area contributed by atoms with Crippen LogP contribution in [0.4, 0.5) is 0 Å². The summed E-state index contributed by atoms with van der Waals surface area (Å²) in [5, 5.41) is 9.64. The fraction of sp³-hybridized carbons (Fsp3) is 0.467. The van der Waals surface area contributed by atoms with Crippen LogP contribution in [-0.4, -0.2) is 18.3 Å². The van der Waals surface area contributed by atoms with E-state index >= 15 is 0 Å². The molecule has 1 aromatic carbocycles. The minimum absolute atomic E-state index is 0.354. The van der Waals surface area contributed by atoms with E-state index in [1.807, 2.05) is 18.2 Å². The van der Waals surface area contributed by atoms with Gasteiger partial charge in [0.25, 0.3) is 0 Å². The highest BCUT2D eigenvalue weighted by molar-refractivity contribution is 5.37. The first kappa shape index (κ1) is 12.2. The maximum Gasteiger partial charge on any atom is 0.119 e. The molecular weight excluding hydrogens is 212 g/mol. The number of ether oxygens (including phenoxy) is 1. The molecule has 2 nitrogen and oxygen atoms in total. The minimum Gasteiger partial charge on any atom is -0.508 e. The Morgan fingerprint density at radius 1 is 1.41 bits per heavy atom. The van der Waals surface area contributed by atoms with Crippen LogP contribution in [0.1, 0.15) is 24.0 Å². The Kier molecular flexibility index (Phi) is 4.21. The fourth-order valence-electron chi connectivity index (χ4n) is 1.84. The number of phenolic OH excluding ortho intramolecular Hbond substituents is 1. The van der Waals surface area contributed by atoms with Crippen molar-refractivity contribution in [1.82, 2.24) is 0 Å². The molecule has 17 heavy (non-hydrogen) atoms. The molecule has 0 radical (unpaired) electrons. The van der Waals surface area contributed by atoms with Crippen LogP contribution in [-0.2, 0) is 17.6 Å². The van der Waals surface area contributed by atoms with Crippen molar-refractivity contribution in [3.05, 3.63) is 42.0 Å². The summed E-state index contributed by atoms with van der Waals surface area (Å²) in [6.07, 6.45) is 6.10. The van der Waals surface area contributed by atoms with E-state index in [0.717, 1.165) is 31.1 Å². The lowest BCUT2D eigenvalue weighted by Crippen LogP contribution is -2.01. The molecule has 0 bridgehead atoms. The molecule has 0 unspecified atom stereocenters. The summed E-state index contributed by atoms with van der Waals surface area (Å²) in [7, 11) is 0. The molecule has 2 heteroatoms. The van der Waals surface area contributed by atoms with Crippen LogP contribution < -0.4 is 0 Å². The summed E-state index contributed by atoms with van der Waals surface area (Å²) in [5.74, 6) is 1.18. The third-order valence-corrected chi connectivity index (χ3v) is 3.09. The number of rotatable bonds is 7. The van der Waals surface area contributed by atoms with Gasteiger partial charge in [-0.15, -0.1) is 6.58 Å². The van der Waals surface area contributed by atoms with Gasteiger partial charge in [0.2, 0.25) is 0 Å². The molecular formula is C15H20O2. The number of phenols is 1. The van der Waals surface area contributed by atoms with Gasteiger partial charge in [0.05, 0.1) is 6.61 Å². The van der Waals surface area contributed by atoms with Crippen LogP contribution in [0.25, 0.3) is 0 Å². The summed E-state index contributed by atoms with van der Waals surface area (Å²) in [4.78, 5) is 0. The lowest BCUT2D eigenvalue weighted by Gasteiger charge is -2.07. The first-order valence-corrected chi connectivity index (χ1v) is 6.29. The van der Waals surface area contributed by atoms with E-state index in [0.29, 0.717) is 12.2 Å². The molecule has 0 saturated heterocycles. The standard InChI is InChI=1S/C15H20O2/c1-2-3-14-10-12(6-7-15(14)16)8-9-17-11-13-4-5-13/h2,6-7,10,13,16H,1,3-5,8-9,11H2. The molecule has 1 aliphatic rings. The second kappa shape index (κ2) is 5.87. The lowest BCUT2D eigenvalue weighted by atomic mass is 10.1. The summed E-state index contributed by atoms with van der Waals surface area (Å²) in [6, 6.07) is 5.76. The van der Waals surface area contributed by atoms with Crippen LogP contribution in [0, 0.1) is 5.92 Å². The Bertz CT molecular complexity index is 381. The summed E-state index contributed by atoms with van der Waals surface area (Å²) >= 11 is 0. The van der Waals surface area contributed by atoms with Crippen molar-refractivity contribution in [2.24, 2.45) is 5.92 Å². The largest absolute Gasteiger partial charge is 0.508 e. The van der Waals surface area contributed by atoms with Crippen molar-refractivity contribution in [3.8, 4) is 5.75 Å². The van der Waals surface area contributed by atoms with Crippen molar-refractivity contribution in [1.29, 1.82) is 0 Å². The zero-order chi connectivity index (χ0) is 12.1. The van der Waals surface area contributed by atoms with Crippen molar-refractivity contribution >= 4 is 0 Å². The zero-order valence-electron chi connectivity index (χ0n) is 10.2. The molecule has 1 aromatic rings. The molecule has 0 atom stereocenters. The molecule has 0 spiro atoms. The molecule has 1 saturated carbocycles. The molecule has 2 rings (SSSR count). The van der Waals surface area contributed by atoms with Crippen LogP contribution in [0.2, 0.25) is 0 Å². The van der Waals surface area contributed by atoms with Crippen molar-refractivity contribution in [2.45, 2.75) is 25.7 Å². The van der Waals surface area contributed by atoms with Gasteiger partial charge < -0.3 is 9.84 Å². The SMILES string of the molecule is C=CCc1cc(CCOCC2CC2)ccc1O. The van der Waals surface area contributed by atoms with E-state index in [4.69, 9.17) is 4.74 Å². The third kappa shape index (κ3) is 3.90. The molecule has 0 amide bonds.